The summed E-state index contributed by atoms with van der Waals surface area (Å²) >= 11 is 0. The van der Waals surface area contributed by atoms with Gasteiger partial charge in [0.1, 0.15) is 0 Å². The Kier molecular flexibility index (Phi) is 1.89. The molecule has 1 fully saturated rings. The molecule has 0 spiro atoms. The van der Waals surface area contributed by atoms with E-state index in [0.717, 1.165) is 0 Å². The van der Waals surface area contributed by atoms with Crippen LogP contribution in [0.2, 0.25) is 0 Å². The van der Waals surface area contributed by atoms with Gasteiger partial charge in [-0.3, -0.25) is 4.79 Å². The highest BCUT2D eigenvalue weighted by molar-refractivity contribution is 5.75. The predicted molar refractivity (Wildman–Crippen MR) is 33.6 cm³/mol. The number of carbonyl (C=O) groups excluding carboxylic acids is 2. The molecule has 0 N–H and O–H groups in total. The molecule has 10 heavy (non-hydrogen) atoms. The van der Waals surface area contributed by atoms with Crippen molar-refractivity contribution in [2.24, 2.45) is 0 Å². The molecule has 1 aliphatic rings. The van der Waals surface area contributed by atoms with Gasteiger partial charge in [0.2, 0.25) is 0 Å². The highest BCUT2D eigenvalue weighted by Crippen LogP contribution is 2.07. The molecule has 0 unspecified atom stereocenters. The summed E-state index contributed by atoms with van der Waals surface area (Å²) in [4.78, 5) is 22.3. The van der Waals surface area contributed by atoms with Crippen LogP contribution >= 0.6 is 0 Å². The van der Waals surface area contributed by atoms with Crippen LogP contribution in [-0.4, -0.2) is 36.5 Å². The van der Waals surface area contributed by atoms with Crippen molar-refractivity contribution in [1.82, 2.24) is 4.90 Å². The van der Waals surface area contributed by atoms with E-state index in [1.807, 2.05) is 6.92 Å². The first-order valence-electron chi connectivity index (χ1n) is 3.18. The number of aldehydes is 1. The van der Waals surface area contributed by atoms with Crippen molar-refractivity contribution in [1.29, 1.82) is 0 Å². The molecular formula is C6H9NO3. The quantitative estimate of drug-likeness (QED) is 0.512. The van der Waals surface area contributed by atoms with Crippen molar-refractivity contribution in [3.8, 4) is 0 Å². The van der Waals surface area contributed by atoms with Crippen LogP contribution in [0.4, 0.5) is 4.79 Å². The minimum absolute atomic E-state index is 0.389. The van der Waals surface area contributed by atoms with Crippen LogP contribution in [0.3, 0.4) is 0 Å². The Morgan fingerprint density at radius 2 is 2.60 bits per heavy atom. The van der Waals surface area contributed by atoms with Gasteiger partial charge in [-0.1, -0.05) is 0 Å². The van der Waals surface area contributed by atoms with Crippen LogP contribution in [0, 0.1) is 0 Å². The molecule has 0 bridgehead atoms. The Labute approximate surface area is 58.8 Å². The second-order valence-electron chi connectivity index (χ2n) is 2.10. The third kappa shape index (κ3) is 1.10. The van der Waals surface area contributed by atoms with E-state index < -0.39 is 6.10 Å². The summed E-state index contributed by atoms with van der Waals surface area (Å²) in [5.41, 5.74) is 0. The molecule has 1 saturated heterocycles. The van der Waals surface area contributed by atoms with Gasteiger partial charge < -0.3 is 9.64 Å². The topological polar surface area (TPSA) is 46.6 Å². The van der Waals surface area contributed by atoms with E-state index in [4.69, 9.17) is 0 Å². The molecule has 56 valence electrons. The van der Waals surface area contributed by atoms with Gasteiger partial charge in [0.05, 0.1) is 6.54 Å². The highest BCUT2D eigenvalue weighted by atomic mass is 16.6. The minimum Gasteiger partial charge on any atom is -0.436 e. The smallest absolute Gasteiger partial charge is 0.410 e. The molecular weight excluding hydrogens is 134 g/mol. The van der Waals surface area contributed by atoms with Gasteiger partial charge >= 0.3 is 6.09 Å². The maximum absolute atomic E-state index is 10.7. The van der Waals surface area contributed by atoms with E-state index in [1.165, 1.54) is 4.90 Å². The van der Waals surface area contributed by atoms with Crippen molar-refractivity contribution in [2.75, 3.05) is 13.1 Å². The summed E-state index contributed by atoms with van der Waals surface area (Å²) in [6, 6.07) is 0. The summed E-state index contributed by atoms with van der Waals surface area (Å²) < 4.78 is 4.63. The van der Waals surface area contributed by atoms with E-state index in [9.17, 15) is 9.59 Å². The maximum atomic E-state index is 10.7. The molecule has 1 aliphatic heterocycles. The zero-order valence-electron chi connectivity index (χ0n) is 5.74. The fourth-order valence-electron chi connectivity index (χ4n) is 0.862. The molecule has 1 rings (SSSR count). The van der Waals surface area contributed by atoms with E-state index >= 15 is 0 Å². The summed E-state index contributed by atoms with van der Waals surface area (Å²) in [6.45, 7) is 2.84. The predicted octanol–water partition coefficient (Wildman–Crippen LogP) is 0.0260. The first kappa shape index (κ1) is 7.05. The number of likely N-dealkylation sites (N-methyl/N-ethyl adjacent to an activating group) is 1. The minimum atomic E-state index is -0.549. The third-order valence-corrected chi connectivity index (χ3v) is 1.44. The van der Waals surface area contributed by atoms with Crippen LogP contribution in [0.15, 0.2) is 0 Å². The lowest BCUT2D eigenvalue weighted by atomic mass is 10.4. The molecule has 0 aromatic carbocycles. The second kappa shape index (κ2) is 2.68. The van der Waals surface area contributed by atoms with Gasteiger partial charge in [-0.2, -0.15) is 0 Å². The van der Waals surface area contributed by atoms with Gasteiger partial charge in [0.15, 0.2) is 12.4 Å². The molecule has 0 saturated carbocycles. The van der Waals surface area contributed by atoms with Crippen molar-refractivity contribution < 1.29 is 14.3 Å². The molecule has 0 radical (unpaired) electrons. The van der Waals surface area contributed by atoms with E-state index in [1.54, 1.807) is 0 Å². The fourth-order valence-corrected chi connectivity index (χ4v) is 0.862. The fraction of sp³-hybridized carbons (Fsp3) is 0.667. The molecule has 1 atom stereocenters. The molecule has 0 aliphatic carbocycles. The lowest BCUT2D eigenvalue weighted by Crippen LogP contribution is -2.24. The third-order valence-electron chi connectivity index (χ3n) is 1.44. The van der Waals surface area contributed by atoms with Crippen LogP contribution < -0.4 is 0 Å². The number of carbonyl (C=O) groups is 2. The van der Waals surface area contributed by atoms with Crippen molar-refractivity contribution in [3.63, 3.8) is 0 Å². The summed E-state index contributed by atoms with van der Waals surface area (Å²) in [6.07, 6.45) is -0.292. The monoisotopic (exact) mass is 143 g/mol. The first-order valence-corrected chi connectivity index (χ1v) is 3.18. The van der Waals surface area contributed by atoms with E-state index in [2.05, 4.69) is 4.74 Å². The van der Waals surface area contributed by atoms with Crippen LogP contribution in [0.25, 0.3) is 0 Å². The lowest BCUT2D eigenvalue weighted by molar-refractivity contribution is -0.113. The van der Waals surface area contributed by atoms with Gasteiger partial charge in [-0.15, -0.1) is 0 Å². The van der Waals surface area contributed by atoms with E-state index in [-0.39, 0.29) is 6.09 Å². The highest BCUT2D eigenvalue weighted by Gasteiger charge is 2.28. The second-order valence-corrected chi connectivity index (χ2v) is 2.10. The van der Waals surface area contributed by atoms with Gasteiger partial charge in [-0.05, 0) is 6.92 Å². The maximum Gasteiger partial charge on any atom is 0.410 e. The Morgan fingerprint density at radius 3 is 2.90 bits per heavy atom. The van der Waals surface area contributed by atoms with Crippen LogP contribution in [0.1, 0.15) is 6.92 Å². The molecule has 1 amide bonds. The van der Waals surface area contributed by atoms with Gasteiger partial charge in [0, 0.05) is 6.54 Å². The summed E-state index contributed by atoms with van der Waals surface area (Å²) in [7, 11) is 0. The average Bonchev–Trinajstić information content (AvgIpc) is 2.30. The zero-order chi connectivity index (χ0) is 7.56. The molecule has 4 heteroatoms. The van der Waals surface area contributed by atoms with E-state index in [0.29, 0.717) is 19.4 Å². The van der Waals surface area contributed by atoms with Gasteiger partial charge in [-0.25, -0.2) is 4.79 Å². The number of nitrogens with zero attached hydrogens (tertiary/aromatic N) is 1. The molecule has 0 aromatic rings. The normalized spacial score (nSPS) is 24.7. The Bertz CT molecular complexity index is 157. The lowest BCUT2D eigenvalue weighted by Gasteiger charge is -2.06. The number of cyclic esters (lactones) is 1. The Morgan fingerprint density at radius 1 is 1.90 bits per heavy atom. The molecule has 1 heterocycles. The van der Waals surface area contributed by atoms with Crippen molar-refractivity contribution in [2.45, 2.75) is 13.0 Å². The van der Waals surface area contributed by atoms with Crippen molar-refractivity contribution in [3.05, 3.63) is 0 Å². The Hall–Kier alpha value is -1.06. The number of rotatable bonds is 2. The number of hydrogen-bond donors (Lipinski definition) is 0. The van der Waals surface area contributed by atoms with Crippen molar-refractivity contribution >= 4 is 12.4 Å². The number of amides is 1. The standard InChI is InChI=1S/C6H9NO3/c1-2-7-3-5(4-8)10-6(7)9/h4-5H,2-3H2,1H3/t5-/m1/s1. The first-order chi connectivity index (χ1) is 4.77. The zero-order valence-corrected chi connectivity index (χ0v) is 5.74. The Balaban J connectivity index is 2.51. The van der Waals surface area contributed by atoms with Crippen LogP contribution in [0.5, 0.6) is 0 Å². The summed E-state index contributed by atoms with van der Waals surface area (Å²) in [5.74, 6) is 0. The average molecular weight is 143 g/mol. The largest absolute Gasteiger partial charge is 0.436 e. The SMILES string of the molecule is CCN1C[C@H](C=O)OC1=O. The number of ether oxygens (including phenoxy) is 1. The molecule has 0 aromatic heterocycles. The number of hydrogen-bond acceptors (Lipinski definition) is 3. The summed E-state index contributed by atoms with van der Waals surface area (Å²) in [5, 5.41) is 0. The molecule has 4 nitrogen and oxygen atoms in total. The van der Waals surface area contributed by atoms with Gasteiger partial charge in [0.25, 0.3) is 0 Å². The van der Waals surface area contributed by atoms with Crippen LogP contribution in [-0.2, 0) is 9.53 Å².